The van der Waals surface area contributed by atoms with Gasteiger partial charge in [0.1, 0.15) is 11.6 Å². The van der Waals surface area contributed by atoms with Crippen LogP contribution in [0.5, 0.6) is 5.75 Å². The number of hydrogen-bond acceptors (Lipinski definition) is 2. The molecule has 21 heavy (non-hydrogen) atoms. The van der Waals surface area contributed by atoms with E-state index in [1.165, 1.54) is 0 Å². The molecule has 2 rings (SSSR count). The van der Waals surface area contributed by atoms with Gasteiger partial charge in [-0.3, -0.25) is 4.98 Å². The average Bonchev–Trinajstić information content (AvgIpc) is 2.36. The van der Waals surface area contributed by atoms with Gasteiger partial charge in [0, 0.05) is 11.8 Å². The molecule has 0 saturated carbocycles. The van der Waals surface area contributed by atoms with E-state index < -0.39 is 23.3 Å². The first-order chi connectivity index (χ1) is 9.62. The van der Waals surface area contributed by atoms with Crippen LogP contribution < -0.4 is 0 Å². The zero-order valence-electron chi connectivity index (χ0n) is 10.4. The van der Waals surface area contributed by atoms with Crippen molar-refractivity contribution in [3.8, 4) is 17.0 Å². The van der Waals surface area contributed by atoms with Gasteiger partial charge in [-0.1, -0.05) is 23.2 Å². The van der Waals surface area contributed by atoms with Crippen molar-refractivity contribution in [2.75, 3.05) is 0 Å². The van der Waals surface area contributed by atoms with Crippen LogP contribution in [0.15, 0.2) is 18.3 Å². The standard InChI is InChI=1S/C13H7Cl2F4NO/c1-5-7(13(17,18)19)4-20-12(11(5)15)6-2-10(21)8(14)3-9(6)16/h2-4,21H,1H3. The first-order valence-electron chi connectivity index (χ1n) is 5.53. The number of alkyl halides is 3. The second-order valence-electron chi connectivity index (χ2n) is 4.24. The van der Waals surface area contributed by atoms with E-state index in [-0.39, 0.29) is 26.9 Å². The number of phenols is 1. The third-order valence-electron chi connectivity index (χ3n) is 2.86. The number of phenolic OH excluding ortho intramolecular Hbond substituents is 1. The molecule has 1 aromatic heterocycles. The Morgan fingerprint density at radius 1 is 1.19 bits per heavy atom. The van der Waals surface area contributed by atoms with Gasteiger partial charge in [0.15, 0.2) is 0 Å². The highest BCUT2D eigenvalue weighted by Gasteiger charge is 2.34. The van der Waals surface area contributed by atoms with Crippen molar-refractivity contribution < 1.29 is 22.7 Å². The van der Waals surface area contributed by atoms with E-state index in [1.807, 2.05) is 0 Å². The summed E-state index contributed by atoms with van der Waals surface area (Å²) in [7, 11) is 0. The molecule has 112 valence electrons. The maximum atomic E-state index is 13.8. The van der Waals surface area contributed by atoms with Crippen LogP contribution in [-0.2, 0) is 6.18 Å². The number of aromatic nitrogens is 1. The molecule has 2 aromatic rings. The zero-order valence-corrected chi connectivity index (χ0v) is 11.9. The number of aromatic hydroxyl groups is 1. The molecule has 8 heteroatoms. The second kappa shape index (κ2) is 5.35. The molecule has 0 fully saturated rings. The van der Waals surface area contributed by atoms with Crippen molar-refractivity contribution in [1.29, 1.82) is 0 Å². The fourth-order valence-electron chi connectivity index (χ4n) is 1.77. The Morgan fingerprint density at radius 3 is 2.38 bits per heavy atom. The van der Waals surface area contributed by atoms with Crippen molar-refractivity contribution in [3.05, 3.63) is 45.3 Å². The van der Waals surface area contributed by atoms with E-state index >= 15 is 0 Å². The van der Waals surface area contributed by atoms with Gasteiger partial charge < -0.3 is 5.11 Å². The van der Waals surface area contributed by atoms with Gasteiger partial charge in [-0.05, 0) is 24.6 Å². The number of pyridine rings is 1. The third-order valence-corrected chi connectivity index (χ3v) is 3.63. The lowest BCUT2D eigenvalue weighted by molar-refractivity contribution is -0.138. The lowest BCUT2D eigenvalue weighted by atomic mass is 10.0. The van der Waals surface area contributed by atoms with Crippen molar-refractivity contribution in [2.24, 2.45) is 0 Å². The van der Waals surface area contributed by atoms with E-state index in [0.29, 0.717) is 6.20 Å². The topological polar surface area (TPSA) is 33.1 Å². The van der Waals surface area contributed by atoms with Crippen LogP contribution in [0.2, 0.25) is 10.0 Å². The lowest BCUT2D eigenvalue weighted by Gasteiger charge is -2.14. The predicted octanol–water partition coefficient (Wildman–Crippen LogP) is 5.23. The quantitative estimate of drug-likeness (QED) is 0.722. The Kier molecular flexibility index (Phi) is 4.04. The number of hydrogen-bond donors (Lipinski definition) is 1. The summed E-state index contributed by atoms with van der Waals surface area (Å²) in [5.41, 5.74) is -1.72. The second-order valence-corrected chi connectivity index (χ2v) is 5.03. The molecular formula is C13H7Cl2F4NO. The van der Waals surface area contributed by atoms with E-state index in [1.54, 1.807) is 0 Å². The molecule has 0 unspecified atom stereocenters. The highest BCUT2D eigenvalue weighted by atomic mass is 35.5. The molecule has 0 amide bonds. The van der Waals surface area contributed by atoms with Gasteiger partial charge in [-0.15, -0.1) is 0 Å². The molecule has 1 aromatic carbocycles. The Hall–Kier alpha value is -1.53. The molecule has 0 radical (unpaired) electrons. The highest BCUT2D eigenvalue weighted by Crippen LogP contribution is 2.40. The maximum absolute atomic E-state index is 13.8. The minimum atomic E-state index is -4.61. The molecule has 0 atom stereocenters. The van der Waals surface area contributed by atoms with Crippen LogP contribution in [0, 0.1) is 12.7 Å². The van der Waals surface area contributed by atoms with Crippen LogP contribution >= 0.6 is 23.2 Å². The van der Waals surface area contributed by atoms with E-state index in [2.05, 4.69) is 4.98 Å². The molecule has 2 nitrogen and oxygen atoms in total. The number of benzene rings is 1. The van der Waals surface area contributed by atoms with Gasteiger partial charge in [-0.25, -0.2) is 4.39 Å². The number of nitrogens with zero attached hydrogens (tertiary/aromatic N) is 1. The van der Waals surface area contributed by atoms with Crippen LogP contribution in [-0.4, -0.2) is 10.1 Å². The van der Waals surface area contributed by atoms with Crippen molar-refractivity contribution in [1.82, 2.24) is 4.98 Å². The zero-order chi connectivity index (χ0) is 15.9. The minimum absolute atomic E-state index is 0.202. The molecule has 0 aliphatic carbocycles. The molecule has 1 N–H and O–H groups in total. The van der Waals surface area contributed by atoms with Crippen molar-refractivity contribution >= 4 is 23.2 Å². The fraction of sp³-hybridized carbons (Fsp3) is 0.154. The summed E-state index contributed by atoms with van der Waals surface area (Å²) in [6.45, 7) is 1.16. The van der Waals surface area contributed by atoms with E-state index in [4.69, 9.17) is 23.2 Å². The fourth-order valence-corrected chi connectivity index (χ4v) is 2.17. The summed E-state index contributed by atoms with van der Waals surface area (Å²) in [6.07, 6.45) is -4.04. The molecule has 0 saturated heterocycles. The van der Waals surface area contributed by atoms with E-state index in [9.17, 15) is 22.7 Å². The largest absolute Gasteiger partial charge is 0.506 e. The minimum Gasteiger partial charge on any atom is -0.506 e. The molecule has 0 aliphatic rings. The van der Waals surface area contributed by atoms with Crippen molar-refractivity contribution in [3.63, 3.8) is 0 Å². The smallest absolute Gasteiger partial charge is 0.418 e. The summed E-state index contributed by atoms with van der Waals surface area (Å²) in [5, 5.41) is 8.91. The average molecular weight is 340 g/mol. The Morgan fingerprint density at radius 2 is 1.81 bits per heavy atom. The molecule has 1 heterocycles. The molecular weight excluding hydrogens is 333 g/mol. The highest BCUT2D eigenvalue weighted by molar-refractivity contribution is 6.34. The van der Waals surface area contributed by atoms with Gasteiger partial charge in [0.25, 0.3) is 0 Å². The molecule has 0 bridgehead atoms. The SMILES string of the molecule is Cc1c(C(F)(F)F)cnc(-c2cc(O)c(Cl)cc2F)c1Cl. The summed E-state index contributed by atoms with van der Waals surface area (Å²) >= 11 is 11.4. The summed E-state index contributed by atoms with van der Waals surface area (Å²) in [4.78, 5) is 3.56. The normalized spacial score (nSPS) is 11.8. The van der Waals surface area contributed by atoms with Crippen LogP contribution in [0.1, 0.15) is 11.1 Å². The summed E-state index contributed by atoms with van der Waals surface area (Å²) in [5.74, 6) is -1.28. The van der Waals surface area contributed by atoms with Crippen molar-refractivity contribution in [2.45, 2.75) is 13.1 Å². The monoisotopic (exact) mass is 339 g/mol. The first kappa shape index (κ1) is 15.9. The Balaban J connectivity index is 2.67. The third kappa shape index (κ3) is 2.91. The number of rotatable bonds is 1. The van der Waals surface area contributed by atoms with Crippen LogP contribution in [0.3, 0.4) is 0 Å². The Labute approximate surface area is 127 Å². The van der Waals surface area contributed by atoms with Crippen LogP contribution in [0.25, 0.3) is 11.3 Å². The predicted molar refractivity (Wildman–Crippen MR) is 71.1 cm³/mol. The summed E-state index contributed by atoms with van der Waals surface area (Å²) in [6, 6.07) is 1.79. The lowest BCUT2D eigenvalue weighted by Crippen LogP contribution is -2.09. The summed E-state index contributed by atoms with van der Waals surface area (Å²) < 4.78 is 52.0. The van der Waals surface area contributed by atoms with Gasteiger partial charge in [0.2, 0.25) is 0 Å². The van der Waals surface area contributed by atoms with Crippen LogP contribution in [0.4, 0.5) is 17.6 Å². The maximum Gasteiger partial charge on any atom is 0.418 e. The van der Waals surface area contributed by atoms with Gasteiger partial charge in [0.05, 0.1) is 21.3 Å². The first-order valence-corrected chi connectivity index (χ1v) is 6.29. The number of halogens is 6. The molecule has 0 spiro atoms. The van der Waals surface area contributed by atoms with Gasteiger partial charge in [-0.2, -0.15) is 13.2 Å². The molecule has 0 aliphatic heterocycles. The van der Waals surface area contributed by atoms with Gasteiger partial charge >= 0.3 is 6.18 Å². The Bertz CT molecular complexity index is 716. The van der Waals surface area contributed by atoms with E-state index in [0.717, 1.165) is 19.1 Å².